The summed E-state index contributed by atoms with van der Waals surface area (Å²) in [6, 6.07) is 15.3. The zero-order valence-corrected chi connectivity index (χ0v) is 16.1. The molecule has 140 valence electrons. The Balaban J connectivity index is 1.93. The molecule has 2 rings (SSSR count). The van der Waals surface area contributed by atoms with E-state index in [2.05, 4.69) is 17.5 Å². The van der Waals surface area contributed by atoms with Gasteiger partial charge in [-0.2, -0.15) is 0 Å². The molecule has 0 saturated carbocycles. The molecule has 0 aromatic heterocycles. The molecule has 0 saturated heterocycles. The molecule has 0 radical (unpaired) electrons. The Bertz CT molecular complexity index is 752. The van der Waals surface area contributed by atoms with Crippen LogP contribution in [-0.4, -0.2) is 34.7 Å². The molecule has 2 N–H and O–H groups in total. The van der Waals surface area contributed by atoms with E-state index in [1.807, 2.05) is 48.5 Å². The van der Waals surface area contributed by atoms with Crippen LogP contribution < -0.4 is 15.4 Å². The molecule has 0 heterocycles. The normalized spacial score (nSPS) is 10.1. The SMILES string of the molecule is BNC(=O)Nc1ccc(Cc2ccc(N(B)C(=O)OCCCC)cc2)cc1. The van der Waals surface area contributed by atoms with Crippen LogP contribution >= 0.6 is 0 Å². The molecule has 2 aromatic rings. The highest BCUT2D eigenvalue weighted by Crippen LogP contribution is 2.18. The van der Waals surface area contributed by atoms with Crippen molar-refractivity contribution < 1.29 is 14.3 Å². The zero-order valence-electron chi connectivity index (χ0n) is 16.1. The summed E-state index contributed by atoms with van der Waals surface area (Å²) >= 11 is 0. The second-order valence-electron chi connectivity index (χ2n) is 6.27. The summed E-state index contributed by atoms with van der Waals surface area (Å²) in [5.41, 5.74) is 3.82. The maximum Gasteiger partial charge on any atom is 0.401 e. The molecular formula is C19H25B2N3O3. The summed E-state index contributed by atoms with van der Waals surface area (Å²) in [6.45, 7) is 2.50. The molecule has 2 aromatic carbocycles. The van der Waals surface area contributed by atoms with Crippen LogP contribution in [0.25, 0.3) is 0 Å². The van der Waals surface area contributed by atoms with Gasteiger partial charge in [-0.25, -0.2) is 9.59 Å². The van der Waals surface area contributed by atoms with Crippen molar-refractivity contribution in [2.75, 3.05) is 16.7 Å². The number of ether oxygens (including phenoxy) is 1. The largest absolute Gasteiger partial charge is 0.450 e. The van der Waals surface area contributed by atoms with Gasteiger partial charge in [-0.3, -0.25) is 0 Å². The minimum atomic E-state index is -0.338. The van der Waals surface area contributed by atoms with E-state index in [0.29, 0.717) is 6.61 Å². The molecule has 6 nitrogen and oxygen atoms in total. The van der Waals surface area contributed by atoms with Gasteiger partial charge in [0.15, 0.2) is 0 Å². The molecule has 8 heteroatoms. The van der Waals surface area contributed by atoms with E-state index >= 15 is 0 Å². The number of benzene rings is 2. The van der Waals surface area contributed by atoms with Gasteiger partial charge >= 0.3 is 12.1 Å². The maximum absolute atomic E-state index is 12.0. The molecule has 0 aliphatic heterocycles. The summed E-state index contributed by atoms with van der Waals surface area (Å²) in [6.07, 6.45) is 2.30. The van der Waals surface area contributed by atoms with E-state index in [4.69, 9.17) is 4.74 Å². The topological polar surface area (TPSA) is 70.7 Å². The van der Waals surface area contributed by atoms with Crippen molar-refractivity contribution in [2.24, 2.45) is 0 Å². The molecular weight excluding hydrogens is 340 g/mol. The Kier molecular flexibility index (Phi) is 7.79. The number of rotatable bonds is 7. The van der Waals surface area contributed by atoms with Crippen molar-refractivity contribution in [3.8, 4) is 0 Å². The number of nitrogens with zero attached hydrogens (tertiary/aromatic N) is 1. The highest BCUT2D eigenvalue weighted by molar-refractivity contribution is 6.29. The summed E-state index contributed by atoms with van der Waals surface area (Å²) in [5, 5.41) is 5.25. The van der Waals surface area contributed by atoms with Crippen LogP contribution in [0.3, 0.4) is 0 Å². The molecule has 0 aliphatic carbocycles. The summed E-state index contributed by atoms with van der Waals surface area (Å²) in [5.74, 6) is 0. The van der Waals surface area contributed by atoms with Gasteiger partial charge in [0, 0.05) is 11.4 Å². The number of hydrogen-bond acceptors (Lipinski definition) is 3. The van der Waals surface area contributed by atoms with Gasteiger partial charge in [-0.1, -0.05) is 37.6 Å². The van der Waals surface area contributed by atoms with E-state index in [-0.39, 0.29) is 12.1 Å². The summed E-state index contributed by atoms with van der Waals surface area (Å²) < 4.78 is 5.22. The molecule has 0 bridgehead atoms. The van der Waals surface area contributed by atoms with E-state index in [9.17, 15) is 9.59 Å². The number of nitrogens with one attached hydrogen (secondary N) is 2. The highest BCUT2D eigenvalue weighted by atomic mass is 16.5. The molecule has 0 spiro atoms. The lowest BCUT2D eigenvalue weighted by molar-refractivity contribution is 0.156. The molecule has 0 atom stereocenters. The van der Waals surface area contributed by atoms with Gasteiger partial charge in [0.1, 0.15) is 0 Å². The van der Waals surface area contributed by atoms with Gasteiger partial charge in [-0.15, -0.1) is 0 Å². The summed E-state index contributed by atoms with van der Waals surface area (Å²) in [7, 11) is 3.29. The minimum absolute atomic E-state index is 0.240. The first-order chi connectivity index (χ1) is 13.0. The van der Waals surface area contributed by atoms with Crippen LogP contribution in [0.5, 0.6) is 0 Å². The third-order valence-corrected chi connectivity index (χ3v) is 4.17. The third kappa shape index (κ3) is 6.40. The Morgan fingerprint density at radius 3 is 2.19 bits per heavy atom. The third-order valence-electron chi connectivity index (χ3n) is 4.17. The lowest BCUT2D eigenvalue weighted by Crippen LogP contribution is -2.28. The molecule has 27 heavy (non-hydrogen) atoms. The number of anilines is 2. The van der Waals surface area contributed by atoms with Crippen LogP contribution in [0.2, 0.25) is 0 Å². The number of carbonyl (C=O) groups is 2. The van der Waals surface area contributed by atoms with Gasteiger partial charge in [0.05, 0.1) is 6.61 Å². The van der Waals surface area contributed by atoms with Gasteiger partial charge in [-0.05, 0) is 48.2 Å². The van der Waals surface area contributed by atoms with Crippen molar-refractivity contribution in [3.05, 3.63) is 59.7 Å². The Labute approximate surface area is 162 Å². The van der Waals surface area contributed by atoms with E-state index in [0.717, 1.165) is 41.8 Å². The van der Waals surface area contributed by atoms with E-state index in [1.165, 1.54) is 4.81 Å². The van der Waals surface area contributed by atoms with Crippen LogP contribution in [0.4, 0.5) is 21.0 Å². The lowest BCUT2D eigenvalue weighted by Gasteiger charge is -2.18. The Morgan fingerprint density at radius 2 is 1.63 bits per heavy atom. The molecule has 0 aliphatic rings. The molecule has 0 fully saturated rings. The Morgan fingerprint density at radius 1 is 1.04 bits per heavy atom. The summed E-state index contributed by atoms with van der Waals surface area (Å²) in [4.78, 5) is 24.8. The van der Waals surface area contributed by atoms with Crippen molar-refractivity contribution >= 4 is 39.5 Å². The number of unbranched alkanes of at least 4 members (excludes halogenated alkanes) is 1. The van der Waals surface area contributed by atoms with Crippen LogP contribution in [-0.2, 0) is 11.2 Å². The fourth-order valence-corrected chi connectivity index (χ4v) is 2.48. The molecule has 3 amide bonds. The first-order valence-electron chi connectivity index (χ1n) is 9.10. The fraction of sp³-hybridized carbons (Fsp3) is 0.263. The number of urea groups is 1. The number of amides is 3. The van der Waals surface area contributed by atoms with Crippen molar-refractivity contribution in [1.82, 2.24) is 5.23 Å². The molecule has 0 unspecified atom stereocenters. The first kappa shape index (κ1) is 20.4. The average molecular weight is 365 g/mol. The number of hydrogen-bond donors (Lipinski definition) is 2. The van der Waals surface area contributed by atoms with E-state index < -0.39 is 0 Å². The average Bonchev–Trinajstić information content (AvgIpc) is 2.69. The van der Waals surface area contributed by atoms with Gasteiger partial charge in [0.25, 0.3) is 0 Å². The van der Waals surface area contributed by atoms with Crippen molar-refractivity contribution in [3.63, 3.8) is 0 Å². The second-order valence-corrected chi connectivity index (χ2v) is 6.27. The standard InChI is InChI=1S/C19H25B2N3O3/c1-2-3-12-27-19(26)24(21)17-10-6-15(7-11-17)13-14-4-8-16(9-5-14)22-18(25)23-20/h4-11H,2-3,12-13,20-21H2,1H3,(H2,22,23,25). The van der Waals surface area contributed by atoms with Crippen molar-refractivity contribution in [1.29, 1.82) is 0 Å². The van der Waals surface area contributed by atoms with E-state index in [1.54, 1.807) is 16.0 Å². The predicted octanol–water partition coefficient (Wildman–Crippen LogP) is 2.24. The fourth-order valence-electron chi connectivity index (χ4n) is 2.48. The lowest BCUT2D eigenvalue weighted by atomic mass is 10.0. The van der Waals surface area contributed by atoms with Crippen molar-refractivity contribution in [2.45, 2.75) is 26.2 Å². The second kappa shape index (κ2) is 10.3. The van der Waals surface area contributed by atoms with Crippen LogP contribution in [0.1, 0.15) is 30.9 Å². The Hall–Kier alpha value is -2.89. The van der Waals surface area contributed by atoms with Crippen LogP contribution in [0.15, 0.2) is 48.5 Å². The maximum atomic E-state index is 12.0. The van der Waals surface area contributed by atoms with Gasteiger partial charge in [0.2, 0.25) is 16.0 Å². The monoisotopic (exact) mass is 365 g/mol. The smallest absolute Gasteiger partial charge is 0.401 e. The van der Waals surface area contributed by atoms with Gasteiger partial charge < -0.3 is 20.1 Å². The highest BCUT2D eigenvalue weighted by Gasteiger charge is 2.11. The van der Waals surface area contributed by atoms with Crippen LogP contribution in [0, 0.1) is 0 Å². The minimum Gasteiger partial charge on any atom is -0.450 e. The number of carbonyl (C=O) groups excluding carboxylic acids is 2. The quantitative estimate of drug-likeness (QED) is 0.584. The zero-order chi connectivity index (χ0) is 19.6. The first-order valence-corrected chi connectivity index (χ1v) is 9.10. The predicted molar refractivity (Wildman–Crippen MR) is 114 cm³/mol.